The second-order valence-corrected chi connectivity index (χ2v) is 3.91. The Kier molecular flexibility index (Phi) is 4.02. The Bertz CT molecular complexity index is 497. The van der Waals surface area contributed by atoms with Crippen LogP contribution in [0.15, 0.2) is 42.7 Å². The summed E-state index contributed by atoms with van der Waals surface area (Å²) in [6.07, 6.45) is 3.60. The zero-order chi connectivity index (χ0) is 12.8. The van der Waals surface area contributed by atoms with Gasteiger partial charge in [0, 0.05) is 13.6 Å². The van der Waals surface area contributed by atoms with Gasteiger partial charge in [0.1, 0.15) is 5.75 Å². The van der Waals surface area contributed by atoms with Crippen LogP contribution in [0.3, 0.4) is 0 Å². The van der Waals surface area contributed by atoms with Crippen LogP contribution in [0.25, 0.3) is 0 Å². The van der Waals surface area contributed by atoms with Crippen molar-refractivity contribution in [2.45, 2.75) is 6.54 Å². The lowest BCUT2D eigenvalue weighted by molar-refractivity contribution is 0.414. The van der Waals surface area contributed by atoms with Crippen molar-refractivity contribution < 1.29 is 4.74 Å². The lowest BCUT2D eigenvalue weighted by atomic mass is 10.2. The smallest absolute Gasteiger partial charge is 0.118 e. The van der Waals surface area contributed by atoms with Gasteiger partial charge >= 0.3 is 0 Å². The van der Waals surface area contributed by atoms with Crippen molar-refractivity contribution in [1.82, 2.24) is 4.98 Å². The molecule has 0 aliphatic heterocycles. The number of methoxy groups -OCH3 is 1. The summed E-state index contributed by atoms with van der Waals surface area (Å²) >= 11 is 0. The molecule has 0 spiro atoms. The van der Waals surface area contributed by atoms with Crippen LogP contribution in [0.2, 0.25) is 0 Å². The van der Waals surface area contributed by atoms with Crippen molar-refractivity contribution in [2.75, 3.05) is 24.8 Å². The highest BCUT2D eigenvalue weighted by Gasteiger charge is 1.97. The zero-order valence-electron chi connectivity index (χ0n) is 10.6. The predicted molar refractivity (Wildman–Crippen MR) is 74.1 cm³/mol. The molecular formula is C14H17N3O. The molecule has 0 bridgehead atoms. The molecule has 0 aliphatic carbocycles. The zero-order valence-corrected chi connectivity index (χ0v) is 10.6. The summed E-state index contributed by atoms with van der Waals surface area (Å²) in [5.41, 5.74) is 3.19. The van der Waals surface area contributed by atoms with Crippen LogP contribution in [0, 0.1) is 0 Å². The molecule has 4 nitrogen and oxygen atoms in total. The predicted octanol–water partition coefficient (Wildman–Crippen LogP) is 2.74. The highest BCUT2D eigenvalue weighted by atomic mass is 16.5. The molecule has 2 aromatic rings. The number of ether oxygens (including phenoxy) is 1. The second-order valence-electron chi connectivity index (χ2n) is 3.91. The summed E-state index contributed by atoms with van der Waals surface area (Å²) in [4.78, 5) is 4.15. The largest absolute Gasteiger partial charge is 0.497 e. The molecule has 18 heavy (non-hydrogen) atoms. The SMILES string of the molecule is CNc1cncc(NCc2ccc(OC)cc2)c1. The fraction of sp³-hybridized carbons (Fsp3) is 0.214. The average molecular weight is 243 g/mol. The van der Waals surface area contributed by atoms with Crippen molar-refractivity contribution in [3.63, 3.8) is 0 Å². The third kappa shape index (κ3) is 3.13. The van der Waals surface area contributed by atoms with Gasteiger partial charge in [-0.2, -0.15) is 0 Å². The molecule has 1 aromatic heterocycles. The molecule has 0 amide bonds. The highest BCUT2D eigenvalue weighted by molar-refractivity contribution is 5.53. The number of pyridine rings is 1. The molecule has 0 aliphatic rings. The van der Waals surface area contributed by atoms with Gasteiger partial charge in [0.25, 0.3) is 0 Å². The third-order valence-corrected chi connectivity index (χ3v) is 2.68. The number of rotatable bonds is 5. The fourth-order valence-electron chi connectivity index (χ4n) is 1.62. The van der Waals surface area contributed by atoms with E-state index in [2.05, 4.69) is 15.6 Å². The van der Waals surface area contributed by atoms with Crippen LogP contribution >= 0.6 is 0 Å². The van der Waals surface area contributed by atoms with Crippen LogP contribution in [0.5, 0.6) is 5.75 Å². The quantitative estimate of drug-likeness (QED) is 0.847. The average Bonchev–Trinajstić information content (AvgIpc) is 2.46. The molecule has 2 N–H and O–H groups in total. The van der Waals surface area contributed by atoms with Crippen LogP contribution in [0.4, 0.5) is 11.4 Å². The molecule has 2 rings (SSSR count). The molecule has 0 unspecified atom stereocenters. The van der Waals surface area contributed by atoms with Gasteiger partial charge in [-0.25, -0.2) is 0 Å². The fourth-order valence-corrected chi connectivity index (χ4v) is 1.62. The van der Waals surface area contributed by atoms with Crippen LogP contribution < -0.4 is 15.4 Å². The van der Waals surface area contributed by atoms with Gasteiger partial charge in [-0.05, 0) is 23.8 Å². The topological polar surface area (TPSA) is 46.2 Å². The first-order valence-corrected chi connectivity index (χ1v) is 5.81. The molecule has 0 saturated carbocycles. The molecule has 94 valence electrons. The van der Waals surface area contributed by atoms with Gasteiger partial charge in [0.15, 0.2) is 0 Å². The summed E-state index contributed by atoms with van der Waals surface area (Å²) in [6.45, 7) is 0.763. The lowest BCUT2D eigenvalue weighted by Crippen LogP contribution is -2.00. The summed E-state index contributed by atoms with van der Waals surface area (Å²) in [6, 6.07) is 10.0. The van der Waals surface area contributed by atoms with E-state index in [1.54, 1.807) is 13.3 Å². The first-order chi connectivity index (χ1) is 8.81. The Balaban J connectivity index is 1.97. The molecule has 1 heterocycles. The summed E-state index contributed by atoms with van der Waals surface area (Å²) in [5.74, 6) is 0.873. The summed E-state index contributed by atoms with van der Waals surface area (Å²) in [7, 11) is 3.55. The summed E-state index contributed by atoms with van der Waals surface area (Å²) in [5, 5.41) is 6.39. The molecular weight excluding hydrogens is 226 g/mol. The number of aromatic nitrogens is 1. The highest BCUT2D eigenvalue weighted by Crippen LogP contribution is 2.15. The van der Waals surface area contributed by atoms with E-state index in [1.807, 2.05) is 43.6 Å². The number of nitrogens with zero attached hydrogens (tertiary/aromatic N) is 1. The maximum atomic E-state index is 5.12. The third-order valence-electron chi connectivity index (χ3n) is 2.68. The molecule has 4 heteroatoms. The van der Waals surface area contributed by atoms with E-state index in [9.17, 15) is 0 Å². The maximum Gasteiger partial charge on any atom is 0.118 e. The van der Waals surface area contributed by atoms with Gasteiger partial charge < -0.3 is 15.4 Å². The summed E-state index contributed by atoms with van der Waals surface area (Å²) < 4.78 is 5.12. The van der Waals surface area contributed by atoms with Gasteiger partial charge in [-0.15, -0.1) is 0 Å². The molecule has 0 atom stereocenters. The van der Waals surface area contributed by atoms with Gasteiger partial charge in [0.2, 0.25) is 0 Å². The Labute approximate surface area is 107 Å². The van der Waals surface area contributed by atoms with E-state index in [0.717, 1.165) is 23.7 Å². The van der Waals surface area contributed by atoms with Crippen molar-refractivity contribution in [3.05, 3.63) is 48.3 Å². The monoisotopic (exact) mass is 243 g/mol. The van der Waals surface area contributed by atoms with E-state index >= 15 is 0 Å². The van der Waals surface area contributed by atoms with E-state index in [1.165, 1.54) is 5.56 Å². The van der Waals surface area contributed by atoms with Crippen molar-refractivity contribution in [3.8, 4) is 5.75 Å². The maximum absolute atomic E-state index is 5.12. The van der Waals surface area contributed by atoms with Gasteiger partial charge in [-0.1, -0.05) is 12.1 Å². The Morgan fingerprint density at radius 1 is 1.11 bits per heavy atom. The lowest BCUT2D eigenvalue weighted by Gasteiger charge is -2.08. The van der Waals surface area contributed by atoms with E-state index in [4.69, 9.17) is 4.74 Å². The first kappa shape index (κ1) is 12.2. The van der Waals surface area contributed by atoms with Gasteiger partial charge in [-0.3, -0.25) is 4.98 Å². The molecule has 1 aromatic carbocycles. The van der Waals surface area contributed by atoms with E-state index in [-0.39, 0.29) is 0 Å². The minimum absolute atomic E-state index is 0.763. The van der Waals surface area contributed by atoms with Crippen molar-refractivity contribution >= 4 is 11.4 Å². The minimum Gasteiger partial charge on any atom is -0.497 e. The standard InChI is InChI=1S/C14H17N3O/c1-15-12-7-13(10-16-9-12)17-8-11-3-5-14(18-2)6-4-11/h3-7,9-10,15,17H,8H2,1-2H3. The number of anilines is 2. The number of benzene rings is 1. The van der Waals surface area contributed by atoms with E-state index < -0.39 is 0 Å². The van der Waals surface area contributed by atoms with Gasteiger partial charge in [0.05, 0.1) is 30.9 Å². The normalized spacial score (nSPS) is 9.89. The number of hydrogen-bond donors (Lipinski definition) is 2. The van der Waals surface area contributed by atoms with Crippen molar-refractivity contribution in [2.24, 2.45) is 0 Å². The number of hydrogen-bond acceptors (Lipinski definition) is 4. The van der Waals surface area contributed by atoms with Crippen molar-refractivity contribution in [1.29, 1.82) is 0 Å². The Hall–Kier alpha value is -2.23. The molecule has 0 radical (unpaired) electrons. The Morgan fingerprint density at radius 3 is 2.50 bits per heavy atom. The van der Waals surface area contributed by atoms with Crippen LogP contribution in [-0.4, -0.2) is 19.1 Å². The number of nitrogens with one attached hydrogen (secondary N) is 2. The first-order valence-electron chi connectivity index (χ1n) is 5.81. The molecule has 0 saturated heterocycles. The molecule has 0 fully saturated rings. The second kappa shape index (κ2) is 5.91. The minimum atomic E-state index is 0.763. The van der Waals surface area contributed by atoms with Crippen LogP contribution in [0.1, 0.15) is 5.56 Å². The Morgan fingerprint density at radius 2 is 1.83 bits per heavy atom. The van der Waals surface area contributed by atoms with Crippen LogP contribution in [-0.2, 0) is 6.54 Å². The van der Waals surface area contributed by atoms with E-state index in [0.29, 0.717) is 0 Å².